The summed E-state index contributed by atoms with van der Waals surface area (Å²) < 4.78 is 14.1. The highest BCUT2D eigenvalue weighted by atomic mass is 16.6. The van der Waals surface area contributed by atoms with Crippen molar-refractivity contribution in [3.05, 3.63) is 12.2 Å². The lowest BCUT2D eigenvalue weighted by Crippen LogP contribution is -2.28. The molecule has 0 aromatic heterocycles. The Hall–Kier alpha value is -1.56. The van der Waals surface area contributed by atoms with Gasteiger partial charge in [0.2, 0.25) is 0 Å². The summed E-state index contributed by atoms with van der Waals surface area (Å²) in [5.41, 5.74) is 0.310. The molecule has 0 aliphatic carbocycles. The van der Waals surface area contributed by atoms with E-state index < -0.39 is 12.1 Å². The molecule has 1 amide bonds. The zero-order chi connectivity index (χ0) is 12.4. The number of rotatable bonds is 7. The average Bonchev–Trinajstić information content (AvgIpc) is 2.24. The van der Waals surface area contributed by atoms with E-state index in [1.54, 1.807) is 6.92 Å². The predicted molar refractivity (Wildman–Crippen MR) is 57.0 cm³/mol. The van der Waals surface area contributed by atoms with E-state index in [0.29, 0.717) is 18.7 Å². The molecule has 92 valence electrons. The fourth-order valence-corrected chi connectivity index (χ4v) is 0.698. The Morgan fingerprint density at radius 3 is 2.38 bits per heavy atom. The Labute approximate surface area is 94.5 Å². The molecular weight excluding hydrogens is 214 g/mol. The van der Waals surface area contributed by atoms with Gasteiger partial charge in [0.05, 0.1) is 6.61 Å². The molecule has 0 saturated carbocycles. The quantitative estimate of drug-likeness (QED) is 0.392. The van der Waals surface area contributed by atoms with Gasteiger partial charge in [-0.2, -0.15) is 0 Å². The molecule has 0 aliphatic heterocycles. The normalized spacial score (nSPS) is 9.38. The van der Waals surface area contributed by atoms with E-state index in [1.165, 1.54) is 7.11 Å². The first-order chi connectivity index (χ1) is 7.57. The van der Waals surface area contributed by atoms with Crippen molar-refractivity contribution in [3.8, 4) is 0 Å². The summed E-state index contributed by atoms with van der Waals surface area (Å²) in [7, 11) is 1.53. The summed E-state index contributed by atoms with van der Waals surface area (Å²) in [5.74, 6) is -0.497. The van der Waals surface area contributed by atoms with Gasteiger partial charge in [0.15, 0.2) is 0 Å². The number of alkyl carbamates (subject to hydrolysis) is 1. The number of hydrogen-bond acceptors (Lipinski definition) is 5. The van der Waals surface area contributed by atoms with Crippen LogP contribution < -0.4 is 5.32 Å². The van der Waals surface area contributed by atoms with Gasteiger partial charge in [-0.3, -0.25) is 0 Å². The van der Waals surface area contributed by atoms with Crippen molar-refractivity contribution < 1.29 is 23.8 Å². The van der Waals surface area contributed by atoms with Crippen LogP contribution in [0.5, 0.6) is 0 Å². The fraction of sp³-hybridized carbons (Fsp3) is 0.600. The molecule has 0 unspecified atom stereocenters. The highest BCUT2D eigenvalue weighted by molar-refractivity contribution is 5.86. The number of nitrogens with one attached hydrogen (secondary N) is 1. The molecule has 0 saturated heterocycles. The van der Waals surface area contributed by atoms with Crippen molar-refractivity contribution in [1.82, 2.24) is 5.32 Å². The fourth-order valence-electron chi connectivity index (χ4n) is 0.698. The average molecular weight is 231 g/mol. The molecule has 0 spiro atoms. The predicted octanol–water partition coefficient (Wildman–Crippen LogP) is 0.478. The molecule has 1 N–H and O–H groups in total. The number of carbonyl (C=O) groups is 2. The molecule has 0 bridgehead atoms. The maximum atomic E-state index is 10.9. The standard InChI is InChI=1S/C10H17NO5/c1-8(2)9(12)15-6-7-16-10(13)11-4-5-14-3/h1,4-7H2,2-3H3,(H,11,13). The van der Waals surface area contributed by atoms with Gasteiger partial charge in [0.25, 0.3) is 0 Å². The van der Waals surface area contributed by atoms with Crippen LogP contribution in [0.25, 0.3) is 0 Å². The number of hydrogen-bond donors (Lipinski definition) is 1. The molecule has 0 rings (SSSR count). The van der Waals surface area contributed by atoms with Crippen molar-refractivity contribution in [3.63, 3.8) is 0 Å². The molecule has 0 aromatic rings. The molecule has 0 atom stereocenters. The topological polar surface area (TPSA) is 73.9 Å². The van der Waals surface area contributed by atoms with E-state index in [0.717, 1.165) is 0 Å². The molecule has 0 radical (unpaired) electrons. The lowest BCUT2D eigenvalue weighted by molar-refractivity contribution is -0.139. The van der Waals surface area contributed by atoms with Gasteiger partial charge in [0.1, 0.15) is 13.2 Å². The van der Waals surface area contributed by atoms with Gasteiger partial charge in [0, 0.05) is 19.2 Å². The van der Waals surface area contributed by atoms with Gasteiger partial charge in [-0.1, -0.05) is 6.58 Å². The van der Waals surface area contributed by atoms with Gasteiger partial charge >= 0.3 is 12.1 Å². The van der Waals surface area contributed by atoms with Crippen LogP contribution >= 0.6 is 0 Å². The first-order valence-corrected chi connectivity index (χ1v) is 4.80. The molecule has 6 nitrogen and oxygen atoms in total. The van der Waals surface area contributed by atoms with Crippen LogP contribution in [0.4, 0.5) is 4.79 Å². The summed E-state index contributed by atoms with van der Waals surface area (Å²) in [5, 5.41) is 2.45. The molecule has 0 aliphatic rings. The van der Waals surface area contributed by atoms with Crippen molar-refractivity contribution in [2.45, 2.75) is 6.92 Å². The molecule has 6 heteroatoms. The Morgan fingerprint density at radius 1 is 1.19 bits per heavy atom. The molecule has 0 fully saturated rings. The van der Waals surface area contributed by atoms with Crippen LogP contribution in [0.1, 0.15) is 6.92 Å². The first kappa shape index (κ1) is 14.4. The Morgan fingerprint density at radius 2 is 1.81 bits per heavy atom. The number of methoxy groups -OCH3 is 1. The Bertz CT molecular complexity index is 252. The van der Waals surface area contributed by atoms with E-state index in [4.69, 9.17) is 14.2 Å². The number of esters is 1. The number of amides is 1. The van der Waals surface area contributed by atoms with Gasteiger partial charge in [-0.15, -0.1) is 0 Å². The second kappa shape index (κ2) is 8.72. The van der Waals surface area contributed by atoms with Crippen molar-refractivity contribution >= 4 is 12.1 Å². The Kier molecular flexibility index (Phi) is 7.87. The Balaban J connectivity index is 3.41. The monoisotopic (exact) mass is 231 g/mol. The minimum absolute atomic E-state index is 0.0117. The van der Waals surface area contributed by atoms with Crippen LogP contribution in [-0.4, -0.2) is 45.5 Å². The van der Waals surface area contributed by atoms with E-state index in [-0.39, 0.29) is 13.2 Å². The largest absolute Gasteiger partial charge is 0.459 e. The summed E-state index contributed by atoms with van der Waals surface area (Å²) in [6.45, 7) is 5.77. The maximum absolute atomic E-state index is 10.9. The zero-order valence-electron chi connectivity index (χ0n) is 9.58. The molecule has 0 heterocycles. The summed E-state index contributed by atoms with van der Waals surface area (Å²) in [6.07, 6.45) is -0.566. The van der Waals surface area contributed by atoms with Gasteiger partial charge in [-0.05, 0) is 6.92 Å². The summed E-state index contributed by atoms with van der Waals surface area (Å²) in [6, 6.07) is 0. The lowest BCUT2D eigenvalue weighted by Gasteiger charge is -2.07. The third-order valence-corrected chi connectivity index (χ3v) is 1.47. The molecular formula is C10H17NO5. The van der Waals surface area contributed by atoms with E-state index >= 15 is 0 Å². The van der Waals surface area contributed by atoms with E-state index in [2.05, 4.69) is 11.9 Å². The minimum Gasteiger partial charge on any atom is -0.459 e. The van der Waals surface area contributed by atoms with Crippen molar-refractivity contribution in [2.24, 2.45) is 0 Å². The van der Waals surface area contributed by atoms with Crippen LogP contribution in [0.3, 0.4) is 0 Å². The second-order valence-electron chi connectivity index (χ2n) is 2.97. The number of ether oxygens (including phenoxy) is 3. The number of carbonyl (C=O) groups excluding carboxylic acids is 2. The first-order valence-electron chi connectivity index (χ1n) is 4.80. The van der Waals surface area contributed by atoms with Crippen LogP contribution in [0.15, 0.2) is 12.2 Å². The third kappa shape index (κ3) is 7.81. The van der Waals surface area contributed by atoms with Crippen molar-refractivity contribution in [2.75, 3.05) is 33.5 Å². The van der Waals surface area contributed by atoms with Gasteiger partial charge in [-0.25, -0.2) is 9.59 Å². The highest BCUT2D eigenvalue weighted by Gasteiger charge is 2.04. The van der Waals surface area contributed by atoms with Crippen molar-refractivity contribution in [1.29, 1.82) is 0 Å². The smallest absolute Gasteiger partial charge is 0.407 e. The summed E-state index contributed by atoms with van der Waals surface area (Å²) >= 11 is 0. The summed E-state index contributed by atoms with van der Waals surface area (Å²) in [4.78, 5) is 21.9. The van der Waals surface area contributed by atoms with Crippen LogP contribution in [0, 0.1) is 0 Å². The SMILES string of the molecule is C=C(C)C(=O)OCCOC(=O)NCCOC. The molecule has 16 heavy (non-hydrogen) atoms. The maximum Gasteiger partial charge on any atom is 0.407 e. The van der Waals surface area contributed by atoms with E-state index in [1.807, 2.05) is 0 Å². The highest BCUT2D eigenvalue weighted by Crippen LogP contribution is 1.91. The van der Waals surface area contributed by atoms with Crippen LogP contribution in [-0.2, 0) is 19.0 Å². The second-order valence-corrected chi connectivity index (χ2v) is 2.97. The van der Waals surface area contributed by atoms with E-state index in [9.17, 15) is 9.59 Å². The third-order valence-electron chi connectivity index (χ3n) is 1.47. The van der Waals surface area contributed by atoms with Crippen LogP contribution in [0.2, 0.25) is 0 Å². The zero-order valence-corrected chi connectivity index (χ0v) is 9.58. The minimum atomic E-state index is -0.566. The van der Waals surface area contributed by atoms with Gasteiger partial charge < -0.3 is 19.5 Å². The molecule has 0 aromatic carbocycles. The lowest BCUT2D eigenvalue weighted by atomic mass is 10.4.